The standard InChI is InChI=1S/C15H21N3O3/c1-11(18-7-2-3-8-18)10-16-15(21)17-13-6-4-5-12(9-13)14(19)20/h4-6,9,11H,2-3,7-8,10H2,1H3,(H,19,20)(H2,16,17,21). The van der Waals surface area contributed by atoms with E-state index in [-0.39, 0.29) is 11.6 Å². The zero-order valence-electron chi connectivity index (χ0n) is 12.1. The van der Waals surface area contributed by atoms with Crippen LogP contribution in [0.5, 0.6) is 0 Å². The third-order valence-corrected chi connectivity index (χ3v) is 3.69. The normalized spacial score (nSPS) is 16.4. The number of hydrogen-bond acceptors (Lipinski definition) is 3. The average Bonchev–Trinajstić information content (AvgIpc) is 2.99. The van der Waals surface area contributed by atoms with E-state index in [2.05, 4.69) is 22.5 Å². The topological polar surface area (TPSA) is 81.7 Å². The molecule has 0 saturated carbocycles. The molecule has 1 aliphatic rings. The fraction of sp³-hybridized carbons (Fsp3) is 0.467. The van der Waals surface area contributed by atoms with Crippen molar-refractivity contribution in [3.8, 4) is 0 Å². The Hall–Kier alpha value is -2.08. The first kappa shape index (κ1) is 15.3. The molecule has 21 heavy (non-hydrogen) atoms. The summed E-state index contributed by atoms with van der Waals surface area (Å²) in [5, 5.41) is 14.4. The number of benzene rings is 1. The lowest BCUT2D eigenvalue weighted by molar-refractivity contribution is 0.0697. The summed E-state index contributed by atoms with van der Waals surface area (Å²) in [6.07, 6.45) is 2.44. The first-order chi connectivity index (χ1) is 10.1. The Morgan fingerprint density at radius 3 is 2.71 bits per heavy atom. The quantitative estimate of drug-likeness (QED) is 0.775. The number of rotatable bonds is 5. The highest BCUT2D eigenvalue weighted by Crippen LogP contribution is 2.12. The van der Waals surface area contributed by atoms with Gasteiger partial charge in [0, 0.05) is 18.3 Å². The number of anilines is 1. The maximum absolute atomic E-state index is 11.8. The highest BCUT2D eigenvalue weighted by atomic mass is 16.4. The van der Waals surface area contributed by atoms with E-state index in [4.69, 9.17) is 5.11 Å². The molecule has 3 N–H and O–H groups in total. The molecule has 1 fully saturated rings. The van der Waals surface area contributed by atoms with Gasteiger partial charge < -0.3 is 15.7 Å². The molecule has 114 valence electrons. The van der Waals surface area contributed by atoms with E-state index in [9.17, 15) is 9.59 Å². The van der Waals surface area contributed by atoms with Crippen LogP contribution >= 0.6 is 0 Å². The highest BCUT2D eigenvalue weighted by Gasteiger charge is 2.18. The van der Waals surface area contributed by atoms with Crippen molar-refractivity contribution in [2.75, 3.05) is 25.0 Å². The smallest absolute Gasteiger partial charge is 0.335 e. The molecule has 0 spiro atoms. The molecule has 0 radical (unpaired) electrons. The number of nitrogens with zero attached hydrogens (tertiary/aromatic N) is 1. The number of carbonyl (C=O) groups excluding carboxylic acids is 1. The summed E-state index contributed by atoms with van der Waals surface area (Å²) < 4.78 is 0. The molecule has 1 atom stereocenters. The number of likely N-dealkylation sites (tertiary alicyclic amines) is 1. The summed E-state index contributed by atoms with van der Waals surface area (Å²) in [5.74, 6) is -1.01. The van der Waals surface area contributed by atoms with Gasteiger partial charge in [-0.2, -0.15) is 0 Å². The predicted molar refractivity (Wildman–Crippen MR) is 80.7 cm³/mol. The molecule has 1 aliphatic heterocycles. The minimum absolute atomic E-state index is 0.151. The van der Waals surface area contributed by atoms with E-state index in [1.165, 1.54) is 25.0 Å². The molecular weight excluding hydrogens is 270 g/mol. The molecule has 1 saturated heterocycles. The second kappa shape index (κ2) is 7.08. The van der Waals surface area contributed by atoms with Gasteiger partial charge in [0.05, 0.1) is 5.56 Å². The van der Waals surface area contributed by atoms with Crippen LogP contribution in [0.1, 0.15) is 30.1 Å². The van der Waals surface area contributed by atoms with Crippen molar-refractivity contribution in [2.24, 2.45) is 0 Å². The van der Waals surface area contributed by atoms with Crippen LogP contribution in [-0.4, -0.2) is 47.7 Å². The molecule has 6 heteroatoms. The number of carboxylic acids is 1. The SMILES string of the molecule is CC(CNC(=O)Nc1cccc(C(=O)O)c1)N1CCCC1. The number of hydrogen-bond donors (Lipinski definition) is 3. The van der Waals surface area contributed by atoms with E-state index in [0.29, 0.717) is 18.3 Å². The zero-order chi connectivity index (χ0) is 15.2. The summed E-state index contributed by atoms with van der Waals surface area (Å²) in [5.41, 5.74) is 0.625. The second-order valence-electron chi connectivity index (χ2n) is 5.31. The Labute approximate surface area is 124 Å². The highest BCUT2D eigenvalue weighted by molar-refractivity contribution is 5.93. The van der Waals surface area contributed by atoms with Crippen molar-refractivity contribution in [3.63, 3.8) is 0 Å². The van der Waals surface area contributed by atoms with Crippen molar-refractivity contribution in [1.29, 1.82) is 0 Å². The average molecular weight is 291 g/mol. The number of carbonyl (C=O) groups is 2. The molecule has 0 aliphatic carbocycles. The van der Waals surface area contributed by atoms with Gasteiger partial charge in [-0.3, -0.25) is 4.90 Å². The van der Waals surface area contributed by atoms with Gasteiger partial charge in [-0.15, -0.1) is 0 Å². The molecular formula is C15H21N3O3. The fourth-order valence-electron chi connectivity index (χ4n) is 2.46. The Morgan fingerprint density at radius 2 is 2.05 bits per heavy atom. The van der Waals surface area contributed by atoms with Crippen LogP contribution in [0.2, 0.25) is 0 Å². The lowest BCUT2D eigenvalue weighted by Gasteiger charge is -2.23. The molecule has 1 unspecified atom stereocenters. The van der Waals surface area contributed by atoms with E-state index in [0.717, 1.165) is 13.1 Å². The Kier molecular flexibility index (Phi) is 5.16. The predicted octanol–water partition coefficient (Wildman–Crippen LogP) is 1.99. The van der Waals surface area contributed by atoms with Crippen LogP contribution in [0.15, 0.2) is 24.3 Å². The number of carboxylic acid groups (broad SMARTS) is 1. The molecule has 0 bridgehead atoms. The first-order valence-electron chi connectivity index (χ1n) is 7.18. The third-order valence-electron chi connectivity index (χ3n) is 3.69. The van der Waals surface area contributed by atoms with Crippen molar-refractivity contribution in [3.05, 3.63) is 29.8 Å². The van der Waals surface area contributed by atoms with Crippen molar-refractivity contribution in [2.45, 2.75) is 25.8 Å². The van der Waals surface area contributed by atoms with Gasteiger partial charge in [-0.05, 0) is 51.1 Å². The summed E-state index contributed by atoms with van der Waals surface area (Å²) in [6, 6.07) is 6.18. The molecule has 2 amide bonds. The van der Waals surface area contributed by atoms with Crippen LogP contribution in [-0.2, 0) is 0 Å². The number of aromatic carboxylic acids is 1. The van der Waals surface area contributed by atoms with Crippen LogP contribution in [0.4, 0.5) is 10.5 Å². The maximum atomic E-state index is 11.8. The number of amides is 2. The molecule has 2 rings (SSSR count). The van der Waals surface area contributed by atoms with Crippen LogP contribution in [0, 0.1) is 0 Å². The lowest BCUT2D eigenvalue weighted by Crippen LogP contribution is -2.42. The van der Waals surface area contributed by atoms with Gasteiger partial charge in [-0.1, -0.05) is 6.07 Å². The summed E-state index contributed by atoms with van der Waals surface area (Å²) in [4.78, 5) is 25.0. The molecule has 1 aromatic rings. The Morgan fingerprint density at radius 1 is 1.33 bits per heavy atom. The number of urea groups is 1. The monoisotopic (exact) mass is 291 g/mol. The van der Waals surface area contributed by atoms with E-state index in [1.807, 2.05) is 0 Å². The summed E-state index contributed by atoms with van der Waals surface area (Å²) in [7, 11) is 0. The Balaban J connectivity index is 1.81. The summed E-state index contributed by atoms with van der Waals surface area (Å²) >= 11 is 0. The third kappa shape index (κ3) is 4.46. The number of nitrogens with one attached hydrogen (secondary N) is 2. The van der Waals surface area contributed by atoms with E-state index in [1.54, 1.807) is 12.1 Å². The van der Waals surface area contributed by atoms with Gasteiger partial charge in [0.2, 0.25) is 0 Å². The maximum Gasteiger partial charge on any atom is 0.335 e. The van der Waals surface area contributed by atoms with Gasteiger partial charge in [0.1, 0.15) is 0 Å². The van der Waals surface area contributed by atoms with Gasteiger partial charge in [0.25, 0.3) is 0 Å². The van der Waals surface area contributed by atoms with E-state index < -0.39 is 5.97 Å². The van der Waals surface area contributed by atoms with Crippen molar-refractivity contribution in [1.82, 2.24) is 10.2 Å². The largest absolute Gasteiger partial charge is 0.478 e. The van der Waals surface area contributed by atoms with Crippen LogP contribution in [0.3, 0.4) is 0 Å². The van der Waals surface area contributed by atoms with Crippen molar-refractivity contribution < 1.29 is 14.7 Å². The minimum atomic E-state index is -1.01. The molecule has 6 nitrogen and oxygen atoms in total. The second-order valence-corrected chi connectivity index (χ2v) is 5.31. The lowest BCUT2D eigenvalue weighted by atomic mass is 10.2. The molecule has 0 aromatic heterocycles. The molecule has 1 heterocycles. The molecule has 1 aromatic carbocycles. The summed E-state index contributed by atoms with van der Waals surface area (Å²) in [6.45, 7) is 4.84. The zero-order valence-corrected chi connectivity index (χ0v) is 12.1. The first-order valence-corrected chi connectivity index (χ1v) is 7.18. The minimum Gasteiger partial charge on any atom is -0.478 e. The van der Waals surface area contributed by atoms with Gasteiger partial charge >= 0.3 is 12.0 Å². The Bertz CT molecular complexity index is 513. The van der Waals surface area contributed by atoms with Crippen LogP contribution in [0.25, 0.3) is 0 Å². The fourth-order valence-corrected chi connectivity index (χ4v) is 2.46. The van der Waals surface area contributed by atoms with Crippen LogP contribution < -0.4 is 10.6 Å². The van der Waals surface area contributed by atoms with Gasteiger partial charge in [-0.25, -0.2) is 9.59 Å². The van der Waals surface area contributed by atoms with Gasteiger partial charge in [0.15, 0.2) is 0 Å². The van der Waals surface area contributed by atoms with Crippen molar-refractivity contribution >= 4 is 17.7 Å². The van der Waals surface area contributed by atoms with E-state index >= 15 is 0 Å².